The Labute approximate surface area is 154 Å². The number of aromatic amines is 1. The molecule has 1 aliphatic rings. The Kier molecular flexibility index (Phi) is 4.25. The Balaban J connectivity index is 1.44. The highest BCUT2D eigenvalue weighted by Crippen LogP contribution is 2.24. The number of fused-ring (bicyclic) bond motifs is 1. The van der Waals surface area contributed by atoms with Crippen LogP contribution in [0.2, 0.25) is 0 Å². The molecule has 0 unspecified atom stereocenters. The first-order valence-electron chi connectivity index (χ1n) is 8.45. The molecule has 0 aliphatic heterocycles. The average Bonchev–Trinajstić information content (AvgIpc) is 3.30. The van der Waals surface area contributed by atoms with Crippen molar-refractivity contribution < 1.29 is 9.72 Å². The quantitative estimate of drug-likeness (QED) is 0.482. The number of nitrogens with zero attached hydrogens (tertiary/aromatic N) is 3. The van der Waals surface area contributed by atoms with Crippen LogP contribution in [-0.4, -0.2) is 26.1 Å². The minimum atomic E-state index is -0.462. The predicted molar refractivity (Wildman–Crippen MR) is 99.6 cm³/mol. The number of hydrogen-bond acceptors (Lipinski definition) is 5. The molecule has 9 nitrogen and oxygen atoms in total. The van der Waals surface area contributed by atoms with E-state index in [1.54, 1.807) is 24.3 Å². The number of carbonyl (C=O) groups excluding carboxylic acids is 1. The number of amides is 2. The van der Waals surface area contributed by atoms with Crippen LogP contribution in [0.1, 0.15) is 17.7 Å². The van der Waals surface area contributed by atoms with Crippen LogP contribution in [0.4, 0.5) is 22.1 Å². The summed E-state index contributed by atoms with van der Waals surface area (Å²) in [5, 5.41) is 23.0. The minimum Gasteiger partial charge on any atom is -0.292 e. The Hall–Kier alpha value is -3.75. The van der Waals surface area contributed by atoms with Gasteiger partial charge in [-0.05, 0) is 30.9 Å². The summed E-state index contributed by atoms with van der Waals surface area (Å²) in [6.07, 6.45) is 3.05. The van der Waals surface area contributed by atoms with E-state index in [9.17, 15) is 14.9 Å². The molecule has 4 rings (SSSR count). The molecule has 136 valence electrons. The molecule has 27 heavy (non-hydrogen) atoms. The van der Waals surface area contributed by atoms with E-state index in [0.29, 0.717) is 22.9 Å². The topological polar surface area (TPSA) is 126 Å². The van der Waals surface area contributed by atoms with Gasteiger partial charge in [-0.15, -0.1) is 0 Å². The summed E-state index contributed by atoms with van der Waals surface area (Å²) in [5.74, 6) is 0.790. The fourth-order valence-electron chi connectivity index (χ4n) is 3.07. The number of rotatable bonds is 4. The molecular formula is C18H16N6O3. The summed E-state index contributed by atoms with van der Waals surface area (Å²) in [6.45, 7) is 0. The van der Waals surface area contributed by atoms with Gasteiger partial charge in [0, 0.05) is 29.5 Å². The van der Waals surface area contributed by atoms with Gasteiger partial charge in [-0.1, -0.05) is 18.2 Å². The molecule has 3 N–H and O–H groups in total. The number of aromatic nitrogens is 3. The molecule has 0 spiro atoms. The Morgan fingerprint density at radius 2 is 1.96 bits per heavy atom. The average molecular weight is 364 g/mol. The molecule has 2 heterocycles. The van der Waals surface area contributed by atoms with Crippen molar-refractivity contribution in [1.29, 1.82) is 0 Å². The molecule has 1 aliphatic carbocycles. The number of H-pyrrole nitrogens is 1. The Morgan fingerprint density at radius 1 is 1.11 bits per heavy atom. The second-order valence-electron chi connectivity index (χ2n) is 6.21. The monoisotopic (exact) mass is 364 g/mol. The van der Waals surface area contributed by atoms with Gasteiger partial charge < -0.3 is 0 Å². The molecule has 9 heteroatoms. The predicted octanol–water partition coefficient (Wildman–Crippen LogP) is 3.51. The maximum absolute atomic E-state index is 12.2. The van der Waals surface area contributed by atoms with Gasteiger partial charge in [-0.25, -0.2) is 9.78 Å². The smallest absolute Gasteiger partial charge is 0.292 e. The molecule has 0 fully saturated rings. The number of anilines is 2. The zero-order valence-electron chi connectivity index (χ0n) is 14.2. The highest BCUT2D eigenvalue weighted by Gasteiger charge is 2.14. The van der Waals surface area contributed by atoms with Crippen LogP contribution in [-0.2, 0) is 12.8 Å². The summed E-state index contributed by atoms with van der Waals surface area (Å²) in [5.41, 5.74) is 3.41. The minimum absolute atomic E-state index is 0.0166. The van der Waals surface area contributed by atoms with Crippen molar-refractivity contribution >= 4 is 23.4 Å². The largest absolute Gasteiger partial charge is 0.326 e. The van der Waals surface area contributed by atoms with Gasteiger partial charge in [0.25, 0.3) is 5.69 Å². The molecule has 2 aromatic heterocycles. The Bertz CT molecular complexity index is 1030. The van der Waals surface area contributed by atoms with Crippen molar-refractivity contribution in [3.63, 3.8) is 0 Å². The van der Waals surface area contributed by atoms with Gasteiger partial charge in [0.2, 0.25) is 0 Å². The van der Waals surface area contributed by atoms with Gasteiger partial charge in [0.05, 0.1) is 10.6 Å². The van der Waals surface area contributed by atoms with Crippen LogP contribution in [0.15, 0.2) is 42.5 Å². The summed E-state index contributed by atoms with van der Waals surface area (Å²) in [4.78, 5) is 27.0. The van der Waals surface area contributed by atoms with Crippen LogP contribution < -0.4 is 10.6 Å². The SMILES string of the molecule is O=C(Nc1cc(-c2cccc([N+](=O)[O-])c2)[nH]n1)Nc1ccc2c(n1)CCC2. The van der Waals surface area contributed by atoms with Crippen molar-refractivity contribution in [3.8, 4) is 11.3 Å². The molecule has 0 atom stereocenters. The van der Waals surface area contributed by atoms with Crippen molar-refractivity contribution in [2.45, 2.75) is 19.3 Å². The maximum Gasteiger partial charge on any atom is 0.326 e. The first kappa shape index (κ1) is 16.7. The van der Waals surface area contributed by atoms with Crippen LogP contribution in [0, 0.1) is 10.1 Å². The van der Waals surface area contributed by atoms with Gasteiger partial charge in [-0.3, -0.25) is 25.8 Å². The first-order chi connectivity index (χ1) is 13.1. The number of nitro groups is 1. The van der Waals surface area contributed by atoms with Crippen molar-refractivity contribution in [3.05, 3.63) is 63.8 Å². The standard InChI is InChI=1S/C18H16N6O3/c25-18(20-16-8-7-11-3-2-6-14(11)19-16)21-17-10-15(22-23-17)12-4-1-5-13(9-12)24(26)27/h1,4-5,7-10H,2-3,6H2,(H3,19,20,21,22,23,25). The van der Waals surface area contributed by atoms with Crippen molar-refractivity contribution in [2.24, 2.45) is 0 Å². The summed E-state index contributed by atoms with van der Waals surface area (Å²) < 4.78 is 0. The van der Waals surface area contributed by atoms with Crippen LogP contribution in [0.5, 0.6) is 0 Å². The van der Waals surface area contributed by atoms with E-state index in [1.807, 2.05) is 6.07 Å². The second kappa shape index (κ2) is 6.87. The van der Waals surface area contributed by atoms with E-state index in [2.05, 4.69) is 25.8 Å². The lowest BCUT2D eigenvalue weighted by molar-refractivity contribution is -0.384. The van der Waals surface area contributed by atoms with E-state index in [1.165, 1.54) is 17.7 Å². The molecule has 0 saturated heterocycles. The zero-order valence-corrected chi connectivity index (χ0v) is 14.2. The first-order valence-corrected chi connectivity index (χ1v) is 8.45. The van der Waals surface area contributed by atoms with E-state index < -0.39 is 11.0 Å². The number of benzene rings is 1. The molecule has 0 saturated carbocycles. The molecule has 1 aromatic carbocycles. The summed E-state index contributed by atoms with van der Waals surface area (Å²) in [7, 11) is 0. The van der Waals surface area contributed by atoms with Gasteiger partial charge in [0.15, 0.2) is 5.82 Å². The van der Waals surface area contributed by atoms with E-state index in [4.69, 9.17) is 0 Å². The maximum atomic E-state index is 12.2. The van der Waals surface area contributed by atoms with E-state index in [-0.39, 0.29) is 5.69 Å². The third kappa shape index (κ3) is 3.61. The van der Waals surface area contributed by atoms with Crippen LogP contribution in [0.25, 0.3) is 11.3 Å². The second-order valence-corrected chi connectivity index (χ2v) is 6.21. The number of aryl methyl sites for hydroxylation is 2. The lowest BCUT2D eigenvalue weighted by atomic mass is 10.1. The summed E-state index contributed by atoms with van der Waals surface area (Å²) >= 11 is 0. The number of carbonyl (C=O) groups is 1. The van der Waals surface area contributed by atoms with Crippen LogP contribution >= 0.6 is 0 Å². The lowest BCUT2D eigenvalue weighted by Crippen LogP contribution is -2.20. The molecule has 3 aromatic rings. The number of urea groups is 1. The van der Waals surface area contributed by atoms with Crippen LogP contribution in [0.3, 0.4) is 0 Å². The van der Waals surface area contributed by atoms with Gasteiger partial charge >= 0.3 is 6.03 Å². The highest BCUT2D eigenvalue weighted by molar-refractivity contribution is 5.98. The fourth-order valence-corrected chi connectivity index (χ4v) is 3.07. The number of hydrogen-bond donors (Lipinski definition) is 3. The normalized spacial score (nSPS) is 12.4. The third-order valence-electron chi connectivity index (χ3n) is 4.36. The van der Waals surface area contributed by atoms with Gasteiger partial charge in [0.1, 0.15) is 5.82 Å². The van der Waals surface area contributed by atoms with Gasteiger partial charge in [-0.2, -0.15) is 5.10 Å². The summed E-state index contributed by atoms with van der Waals surface area (Å²) in [6, 6.07) is 11.1. The number of non-ortho nitro benzene ring substituents is 1. The highest BCUT2D eigenvalue weighted by atomic mass is 16.6. The van der Waals surface area contributed by atoms with Crippen molar-refractivity contribution in [1.82, 2.24) is 15.2 Å². The van der Waals surface area contributed by atoms with E-state index in [0.717, 1.165) is 25.0 Å². The van der Waals surface area contributed by atoms with E-state index >= 15 is 0 Å². The molecular weight excluding hydrogens is 348 g/mol. The molecule has 0 radical (unpaired) electrons. The molecule has 0 bridgehead atoms. The number of nitrogens with one attached hydrogen (secondary N) is 3. The lowest BCUT2D eigenvalue weighted by Gasteiger charge is -2.06. The third-order valence-corrected chi connectivity index (χ3v) is 4.36. The number of pyridine rings is 1. The number of nitro benzene ring substituents is 1. The molecule has 2 amide bonds. The van der Waals surface area contributed by atoms with Crippen molar-refractivity contribution in [2.75, 3.05) is 10.6 Å². The zero-order chi connectivity index (χ0) is 18.8. The Morgan fingerprint density at radius 3 is 2.81 bits per heavy atom. The fraction of sp³-hybridized carbons (Fsp3) is 0.167.